The summed E-state index contributed by atoms with van der Waals surface area (Å²) < 4.78 is 5.19. The highest BCUT2D eigenvalue weighted by atomic mass is 16.5. The van der Waals surface area contributed by atoms with Crippen molar-refractivity contribution in [2.75, 3.05) is 26.8 Å². The third-order valence-corrected chi connectivity index (χ3v) is 1.42. The zero-order chi connectivity index (χ0) is 7.66. The Labute approximate surface area is 64.0 Å². The van der Waals surface area contributed by atoms with E-state index in [1.54, 1.807) is 0 Å². The van der Waals surface area contributed by atoms with Gasteiger partial charge in [-0.05, 0) is 39.8 Å². The van der Waals surface area contributed by atoms with Crippen molar-refractivity contribution in [3.05, 3.63) is 0 Å². The third-order valence-electron chi connectivity index (χ3n) is 1.42. The molecule has 62 valence electrons. The molecule has 0 unspecified atom stereocenters. The Morgan fingerprint density at radius 3 is 2.60 bits per heavy atom. The topological polar surface area (TPSA) is 21.3 Å². The van der Waals surface area contributed by atoms with E-state index in [0.717, 1.165) is 19.8 Å². The van der Waals surface area contributed by atoms with Crippen molar-refractivity contribution in [3.8, 4) is 0 Å². The normalized spacial score (nSPS) is 10.2. The van der Waals surface area contributed by atoms with Gasteiger partial charge in [0.15, 0.2) is 0 Å². The first kappa shape index (κ1) is 9.92. The molecule has 0 aromatic carbocycles. The van der Waals surface area contributed by atoms with Crippen LogP contribution in [-0.4, -0.2) is 26.8 Å². The van der Waals surface area contributed by atoms with E-state index in [0.29, 0.717) is 0 Å². The molecule has 2 nitrogen and oxygen atoms in total. The quantitative estimate of drug-likeness (QED) is 0.547. The van der Waals surface area contributed by atoms with Crippen LogP contribution < -0.4 is 5.32 Å². The molecule has 0 aromatic heterocycles. The molecule has 0 aliphatic heterocycles. The van der Waals surface area contributed by atoms with Crippen molar-refractivity contribution in [1.82, 2.24) is 5.32 Å². The van der Waals surface area contributed by atoms with Gasteiger partial charge in [-0.2, -0.15) is 0 Å². The van der Waals surface area contributed by atoms with E-state index in [1.807, 2.05) is 14.0 Å². The molecule has 0 aromatic rings. The van der Waals surface area contributed by atoms with E-state index < -0.39 is 0 Å². The fourth-order valence-corrected chi connectivity index (χ4v) is 0.827. The maximum atomic E-state index is 5.19. The second-order valence-electron chi connectivity index (χ2n) is 2.36. The molecule has 0 atom stereocenters. The zero-order valence-corrected chi connectivity index (χ0v) is 7.15. The summed E-state index contributed by atoms with van der Waals surface area (Å²) in [5.74, 6) is 0. The van der Waals surface area contributed by atoms with Crippen molar-refractivity contribution in [1.29, 1.82) is 0 Å². The maximum absolute atomic E-state index is 5.19. The lowest BCUT2D eigenvalue weighted by atomic mass is 10.2. The summed E-state index contributed by atoms with van der Waals surface area (Å²) in [4.78, 5) is 0. The van der Waals surface area contributed by atoms with E-state index in [-0.39, 0.29) is 0 Å². The van der Waals surface area contributed by atoms with Crippen LogP contribution in [0.25, 0.3) is 0 Å². The molecule has 0 saturated heterocycles. The lowest BCUT2D eigenvalue weighted by Gasteiger charge is -2.00. The Morgan fingerprint density at radius 1 is 1.20 bits per heavy atom. The smallest absolute Gasteiger partial charge is 0.0465 e. The van der Waals surface area contributed by atoms with Crippen molar-refractivity contribution in [2.24, 2.45) is 0 Å². The largest absolute Gasteiger partial charge is 0.382 e. The van der Waals surface area contributed by atoms with Gasteiger partial charge in [0.2, 0.25) is 0 Å². The van der Waals surface area contributed by atoms with Gasteiger partial charge in [-0.1, -0.05) is 0 Å². The number of rotatable bonds is 7. The second kappa shape index (κ2) is 8.92. The summed E-state index contributed by atoms with van der Waals surface area (Å²) in [6.45, 7) is 4.95. The molecule has 0 spiro atoms. The first-order valence-corrected chi connectivity index (χ1v) is 4.14. The Kier molecular flexibility index (Phi) is 8.85. The van der Waals surface area contributed by atoms with Gasteiger partial charge >= 0.3 is 0 Å². The molecule has 0 bridgehead atoms. The fourth-order valence-electron chi connectivity index (χ4n) is 0.827. The van der Waals surface area contributed by atoms with Gasteiger partial charge in [-0.3, -0.25) is 0 Å². The first-order valence-electron chi connectivity index (χ1n) is 4.14. The summed E-state index contributed by atoms with van der Waals surface area (Å²) in [7, 11) is 1.99. The Balaban J connectivity index is 2.65. The van der Waals surface area contributed by atoms with Crippen LogP contribution in [0, 0.1) is 0 Å². The summed E-state index contributed by atoms with van der Waals surface area (Å²) >= 11 is 0. The molecule has 10 heavy (non-hydrogen) atoms. The van der Waals surface area contributed by atoms with Gasteiger partial charge in [0.25, 0.3) is 0 Å². The number of nitrogens with one attached hydrogen (secondary N) is 1. The molecular formula is C8H19NO. The van der Waals surface area contributed by atoms with Crippen molar-refractivity contribution in [2.45, 2.75) is 26.2 Å². The zero-order valence-electron chi connectivity index (χ0n) is 7.15. The predicted octanol–water partition coefficient (Wildman–Crippen LogP) is 1.41. The van der Waals surface area contributed by atoms with E-state index >= 15 is 0 Å². The summed E-state index contributed by atoms with van der Waals surface area (Å²) in [5, 5.41) is 3.12. The van der Waals surface area contributed by atoms with Crippen LogP contribution in [0.5, 0.6) is 0 Å². The predicted molar refractivity (Wildman–Crippen MR) is 44.3 cm³/mol. The molecule has 0 radical (unpaired) electrons. The van der Waals surface area contributed by atoms with Crippen molar-refractivity contribution < 1.29 is 4.74 Å². The van der Waals surface area contributed by atoms with Crippen LogP contribution in [0.15, 0.2) is 0 Å². The highest BCUT2D eigenvalue weighted by Gasteiger charge is 1.86. The lowest BCUT2D eigenvalue weighted by Crippen LogP contribution is -2.07. The minimum atomic E-state index is 0.853. The molecule has 1 N–H and O–H groups in total. The highest BCUT2D eigenvalue weighted by Crippen LogP contribution is 1.93. The Hall–Kier alpha value is -0.0800. The van der Waals surface area contributed by atoms with Crippen molar-refractivity contribution in [3.63, 3.8) is 0 Å². The van der Waals surface area contributed by atoms with Crippen LogP contribution >= 0.6 is 0 Å². The van der Waals surface area contributed by atoms with Gasteiger partial charge in [-0.15, -0.1) is 0 Å². The average molecular weight is 145 g/mol. The lowest BCUT2D eigenvalue weighted by molar-refractivity contribution is 0.143. The molecule has 2 heteroatoms. The van der Waals surface area contributed by atoms with E-state index in [1.165, 1.54) is 19.3 Å². The van der Waals surface area contributed by atoms with Crippen LogP contribution in [-0.2, 0) is 4.74 Å². The Bertz CT molecular complexity index is 49.2. The van der Waals surface area contributed by atoms with E-state index in [9.17, 15) is 0 Å². The van der Waals surface area contributed by atoms with Crippen LogP contribution in [0.2, 0.25) is 0 Å². The molecule has 0 aliphatic carbocycles. The monoisotopic (exact) mass is 145 g/mol. The minimum Gasteiger partial charge on any atom is -0.382 e. The van der Waals surface area contributed by atoms with Crippen molar-refractivity contribution >= 4 is 0 Å². The molecule has 0 amide bonds. The summed E-state index contributed by atoms with van der Waals surface area (Å²) in [6, 6.07) is 0. The minimum absolute atomic E-state index is 0.853. The first-order chi connectivity index (χ1) is 4.91. The molecule has 0 rings (SSSR count). The van der Waals surface area contributed by atoms with E-state index in [4.69, 9.17) is 4.74 Å². The standard InChI is InChI=1S/C8H19NO/c1-3-10-8-6-4-5-7-9-2/h9H,3-8H2,1-2H3. The summed E-state index contributed by atoms with van der Waals surface area (Å²) in [5.41, 5.74) is 0. The molecule has 0 aliphatic rings. The highest BCUT2D eigenvalue weighted by molar-refractivity contribution is 4.42. The summed E-state index contributed by atoms with van der Waals surface area (Å²) in [6.07, 6.45) is 3.75. The van der Waals surface area contributed by atoms with E-state index in [2.05, 4.69) is 5.32 Å². The third kappa shape index (κ3) is 7.92. The maximum Gasteiger partial charge on any atom is 0.0465 e. The van der Waals surface area contributed by atoms with Gasteiger partial charge in [-0.25, -0.2) is 0 Å². The SMILES string of the molecule is CCOCCCCCNC. The van der Waals surface area contributed by atoms with Gasteiger partial charge in [0, 0.05) is 13.2 Å². The molecule has 0 saturated carbocycles. The van der Waals surface area contributed by atoms with Crippen LogP contribution in [0.4, 0.5) is 0 Å². The van der Waals surface area contributed by atoms with Gasteiger partial charge in [0.05, 0.1) is 0 Å². The molecule has 0 fully saturated rings. The fraction of sp³-hybridized carbons (Fsp3) is 1.00. The number of hydrogen-bond acceptors (Lipinski definition) is 2. The molecule has 0 heterocycles. The van der Waals surface area contributed by atoms with Crippen LogP contribution in [0.1, 0.15) is 26.2 Å². The van der Waals surface area contributed by atoms with Gasteiger partial charge in [0.1, 0.15) is 0 Å². The van der Waals surface area contributed by atoms with Gasteiger partial charge < -0.3 is 10.1 Å². The Morgan fingerprint density at radius 2 is 2.00 bits per heavy atom. The number of ether oxygens (including phenoxy) is 1. The number of hydrogen-bond donors (Lipinski definition) is 1. The second-order valence-corrected chi connectivity index (χ2v) is 2.36. The molecular weight excluding hydrogens is 126 g/mol. The van der Waals surface area contributed by atoms with Crippen LogP contribution in [0.3, 0.4) is 0 Å². The average Bonchev–Trinajstić information content (AvgIpc) is 1.97. The number of unbranched alkanes of at least 4 members (excludes halogenated alkanes) is 2.